The van der Waals surface area contributed by atoms with E-state index >= 15 is 0 Å². The molecule has 3 aromatic rings. The molecular weight excluding hydrogens is 334 g/mol. The Bertz CT molecular complexity index is 1000. The molecule has 1 aromatic heterocycles. The van der Waals surface area contributed by atoms with Gasteiger partial charge in [0.15, 0.2) is 0 Å². The molecule has 9 heteroatoms. The van der Waals surface area contributed by atoms with E-state index in [-0.39, 0.29) is 18.1 Å². The molecule has 0 atom stereocenters. The van der Waals surface area contributed by atoms with Gasteiger partial charge >= 0.3 is 0 Å². The number of carbonyl (C=O) groups is 1. The Hall–Kier alpha value is -4.06. The first-order valence-corrected chi connectivity index (χ1v) is 7.54. The quantitative estimate of drug-likeness (QED) is 0.524. The Balaban J connectivity index is 1.63. The summed E-state index contributed by atoms with van der Waals surface area (Å²) >= 11 is 0. The van der Waals surface area contributed by atoms with Gasteiger partial charge in [0.05, 0.1) is 17.8 Å². The number of phenols is 1. The highest BCUT2D eigenvalue weighted by atomic mass is 16.3. The first kappa shape index (κ1) is 16.8. The van der Waals surface area contributed by atoms with E-state index < -0.39 is 5.91 Å². The number of phenolic OH excluding ortho intramolecular Hbond substituents is 1. The molecule has 0 bridgehead atoms. The molecule has 0 aliphatic carbocycles. The van der Waals surface area contributed by atoms with Crippen molar-refractivity contribution in [2.24, 2.45) is 5.10 Å². The number of benzene rings is 2. The second-order valence-corrected chi connectivity index (χ2v) is 5.15. The highest BCUT2D eigenvalue weighted by Gasteiger charge is 2.12. The number of hydrogen-bond donors (Lipinski definition) is 2. The Labute approximate surface area is 148 Å². The lowest BCUT2D eigenvalue weighted by molar-refractivity contribution is -0.122. The van der Waals surface area contributed by atoms with Crippen LogP contribution >= 0.6 is 0 Å². The molecule has 0 radical (unpaired) electrons. The van der Waals surface area contributed by atoms with Crippen molar-refractivity contribution in [1.29, 1.82) is 5.26 Å². The molecule has 0 saturated carbocycles. The first-order chi connectivity index (χ1) is 12.7. The molecular formula is C17H13N7O2. The van der Waals surface area contributed by atoms with Crippen molar-refractivity contribution >= 4 is 12.1 Å². The Kier molecular flexibility index (Phi) is 4.95. The lowest BCUT2D eigenvalue weighted by Crippen LogP contribution is -2.24. The Morgan fingerprint density at radius 2 is 2.04 bits per heavy atom. The summed E-state index contributed by atoms with van der Waals surface area (Å²) in [7, 11) is 0. The Morgan fingerprint density at radius 1 is 1.27 bits per heavy atom. The largest absolute Gasteiger partial charge is 0.507 e. The van der Waals surface area contributed by atoms with Crippen LogP contribution in [0.4, 0.5) is 0 Å². The van der Waals surface area contributed by atoms with E-state index in [1.54, 1.807) is 42.5 Å². The van der Waals surface area contributed by atoms with Crippen LogP contribution in [0.15, 0.2) is 53.6 Å². The number of aromatic nitrogens is 4. The number of nitrogens with zero attached hydrogens (tertiary/aromatic N) is 6. The van der Waals surface area contributed by atoms with Crippen LogP contribution in [-0.2, 0) is 11.3 Å². The maximum atomic E-state index is 11.9. The number of amides is 1. The number of rotatable bonds is 5. The average Bonchev–Trinajstić information content (AvgIpc) is 3.11. The molecule has 0 aliphatic rings. The van der Waals surface area contributed by atoms with Crippen molar-refractivity contribution in [2.45, 2.75) is 6.54 Å². The molecule has 2 N–H and O–H groups in total. The van der Waals surface area contributed by atoms with Crippen molar-refractivity contribution < 1.29 is 9.90 Å². The minimum atomic E-state index is -0.464. The fourth-order valence-corrected chi connectivity index (χ4v) is 2.13. The van der Waals surface area contributed by atoms with E-state index in [9.17, 15) is 9.90 Å². The second-order valence-electron chi connectivity index (χ2n) is 5.15. The van der Waals surface area contributed by atoms with Gasteiger partial charge in [-0.1, -0.05) is 24.3 Å². The van der Waals surface area contributed by atoms with Gasteiger partial charge in [0.2, 0.25) is 5.82 Å². The summed E-state index contributed by atoms with van der Waals surface area (Å²) in [6.45, 7) is -0.195. The maximum Gasteiger partial charge on any atom is 0.263 e. The van der Waals surface area contributed by atoms with Gasteiger partial charge in [-0.25, -0.2) is 5.43 Å². The Morgan fingerprint density at radius 3 is 2.85 bits per heavy atom. The molecule has 3 rings (SSSR count). The predicted molar refractivity (Wildman–Crippen MR) is 91.8 cm³/mol. The highest BCUT2D eigenvalue weighted by Crippen LogP contribution is 2.18. The SMILES string of the molecule is N#Cc1ccccc1-c1nnn(CC(=O)N/N=C/c2ccccc2O)n1. The third-order valence-electron chi connectivity index (χ3n) is 3.36. The van der Waals surface area contributed by atoms with Crippen LogP contribution in [0.2, 0.25) is 0 Å². The molecule has 9 nitrogen and oxygen atoms in total. The number of aromatic hydroxyl groups is 1. The third-order valence-corrected chi connectivity index (χ3v) is 3.36. The van der Waals surface area contributed by atoms with Gasteiger partial charge in [-0.2, -0.15) is 15.2 Å². The summed E-state index contributed by atoms with van der Waals surface area (Å²) in [6.07, 6.45) is 1.33. The molecule has 0 spiro atoms. The van der Waals surface area contributed by atoms with Crippen molar-refractivity contribution in [2.75, 3.05) is 0 Å². The average molecular weight is 347 g/mol. The van der Waals surface area contributed by atoms with Crippen LogP contribution in [0.1, 0.15) is 11.1 Å². The van der Waals surface area contributed by atoms with Gasteiger partial charge in [-0.3, -0.25) is 4.79 Å². The molecule has 0 fully saturated rings. The number of carbonyl (C=O) groups excluding carboxylic acids is 1. The molecule has 128 valence electrons. The van der Waals surface area contributed by atoms with Gasteiger partial charge in [0.25, 0.3) is 5.91 Å². The standard InChI is InChI=1S/C17H13N7O2/c18-9-12-5-1-3-7-14(12)17-21-23-24(22-17)11-16(26)20-19-10-13-6-2-4-8-15(13)25/h1-8,10,25H,11H2,(H,20,26)/b19-10+. The zero-order valence-electron chi connectivity index (χ0n) is 13.4. The fraction of sp³-hybridized carbons (Fsp3) is 0.0588. The predicted octanol–water partition coefficient (Wildman–Crippen LogP) is 1.07. The number of hydrazone groups is 1. The molecule has 1 amide bonds. The van der Waals surface area contributed by atoms with Crippen LogP contribution in [0.25, 0.3) is 11.4 Å². The normalized spacial score (nSPS) is 10.6. The second kappa shape index (κ2) is 7.67. The van der Waals surface area contributed by atoms with E-state index in [0.29, 0.717) is 16.7 Å². The van der Waals surface area contributed by atoms with E-state index in [1.165, 1.54) is 12.3 Å². The van der Waals surface area contributed by atoms with Gasteiger partial charge in [0, 0.05) is 11.1 Å². The summed E-state index contributed by atoms with van der Waals surface area (Å²) in [5, 5.41) is 34.3. The number of nitriles is 1. The molecule has 0 unspecified atom stereocenters. The summed E-state index contributed by atoms with van der Waals surface area (Å²) in [6, 6.07) is 15.5. The van der Waals surface area contributed by atoms with Crippen LogP contribution < -0.4 is 5.43 Å². The summed E-state index contributed by atoms with van der Waals surface area (Å²) in [4.78, 5) is 13.0. The molecule has 0 saturated heterocycles. The van der Waals surface area contributed by atoms with E-state index in [1.807, 2.05) is 0 Å². The molecule has 26 heavy (non-hydrogen) atoms. The number of nitrogens with one attached hydrogen (secondary N) is 1. The maximum absolute atomic E-state index is 11.9. The molecule has 1 heterocycles. The van der Waals surface area contributed by atoms with Crippen LogP contribution in [0.5, 0.6) is 5.75 Å². The number of hydrogen-bond acceptors (Lipinski definition) is 7. The zero-order valence-corrected chi connectivity index (χ0v) is 13.4. The van der Waals surface area contributed by atoms with Crippen LogP contribution in [-0.4, -0.2) is 37.4 Å². The van der Waals surface area contributed by atoms with E-state index in [4.69, 9.17) is 5.26 Å². The zero-order chi connectivity index (χ0) is 18.4. The van der Waals surface area contributed by atoms with Gasteiger partial charge in [0.1, 0.15) is 12.3 Å². The topological polar surface area (TPSA) is 129 Å². The lowest BCUT2D eigenvalue weighted by Gasteiger charge is -1.99. The lowest BCUT2D eigenvalue weighted by atomic mass is 10.1. The highest BCUT2D eigenvalue weighted by molar-refractivity contribution is 5.84. The molecule has 2 aromatic carbocycles. The first-order valence-electron chi connectivity index (χ1n) is 7.54. The number of para-hydroxylation sites is 1. The fourth-order valence-electron chi connectivity index (χ4n) is 2.13. The van der Waals surface area contributed by atoms with Crippen molar-refractivity contribution in [1.82, 2.24) is 25.6 Å². The monoisotopic (exact) mass is 347 g/mol. The summed E-state index contributed by atoms with van der Waals surface area (Å²) < 4.78 is 0. The van der Waals surface area contributed by atoms with Gasteiger partial charge in [-0.05, 0) is 29.5 Å². The minimum absolute atomic E-state index is 0.0595. The van der Waals surface area contributed by atoms with Crippen molar-refractivity contribution in [3.05, 3.63) is 59.7 Å². The summed E-state index contributed by atoms with van der Waals surface area (Å²) in [5.41, 5.74) is 3.75. The van der Waals surface area contributed by atoms with Crippen LogP contribution in [0.3, 0.4) is 0 Å². The third kappa shape index (κ3) is 3.88. The summed E-state index contributed by atoms with van der Waals surface area (Å²) in [5.74, 6) is -0.147. The van der Waals surface area contributed by atoms with Gasteiger partial charge in [-0.15, -0.1) is 10.2 Å². The van der Waals surface area contributed by atoms with Crippen molar-refractivity contribution in [3.63, 3.8) is 0 Å². The van der Waals surface area contributed by atoms with Crippen molar-refractivity contribution in [3.8, 4) is 23.2 Å². The van der Waals surface area contributed by atoms with Gasteiger partial charge < -0.3 is 5.11 Å². The molecule has 0 aliphatic heterocycles. The van der Waals surface area contributed by atoms with E-state index in [2.05, 4.69) is 32.0 Å². The van der Waals surface area contributed by atoms with E-state index in [0.717, 1.165) is 4.80 Å². The number of tetrazole rings is 1. The smallest absolute Gasteiger partial charge is 0.263 e. The van der Waals surface area contributed by atoms with Crippen LogP contribution in [0, 0.1) is 11.3 Å². The minimum Gasteiger partial charge on any atom is -0.507 e.